The minimum absolute atomic E-state index is 0.0789. The van der Waals surface area contributed by atoms with Crippen LogP contribution in [0, 0.1) is 13.8 Å². The number of hydrogen-bond acceptors (Lipinski definition) is 4. The zero-order valence-corrected chi connectivity index (χ0v) is 18.2. The maximum atomic E-state index is 13.7. The first kappa shape index (κ1) is 19.4. The van der Waals surface area contributed by atoms with E-state index in [4.69, 9.17) is 4.98 Å². The van der Waals surface area contributed by atoms with E-state index < -0.39 is 0 Å². The molecule has 2 heterocycles. The molecule has 5 aromatic rings. The van der Waals surface area contributed by atoms with Crippen molar-refractivity contribution in [1.82, 2.24) is 9.97 Å². The Kier molecular flexibility index (Phi) is 4.96. The summed E-state index contributed by atoms with van der Waals surface area (Å²) in [5.74, 6) is -0.0789. The fourth-order valence-corrected chi connectivity index (χ4v) is 4.97. The topological polar surface area (TPSA) is 46.1 Å². The molecule has 5 rings (SSSR count). The molecular formula is C26H21N3OS. The minimum Gasteiger partial charge on any atom is -0.278 e. The maximum Gasteiger partial charge on any atom is 0.260 e. The van der Waals surface area contributed by atoms with Crippen LogP contribution in [0.15, 0.2) is 79.0 Å². The zero-order valence-electron chi connectivity index (χ0n) is 17.4. The molecule has 0 aliphatic rings. The third kappa shape index (κ3) is 3.80. The molecule has 0 saturated carbocycles. The van der Waals surface area contributed by atoms with Crippen molar-refractivity contribution in [2.75, 3.05) is 4.90 Å². The van der Waals surface area contributed by atoms with Crippen LogP contribution in [0.25, 0.3) is 21.0 Å². The summed E-state index contributed by atoms with van der Waals surface area (Å²) in [4.78, 5) is 24.7. The van der Waals surface area contributed by atoms with Gasteiger partial charge in [0, 0.05) is 11.8 Å². The number of amides is 1. The van der Waals surface area contributed by atoms with Gasteiger partial charge in [-0.25, -0.2) is 4.98 Å². The van der Waals surface area contributed by atoms with Crippen LogP contribution in [-0.4, -0.2) is 15.9 Å². The molecule has 2 aromatic heterocycles. The summed E-state index contributed by atoms with van der Waals surface area (Å²) in [6.45, 7) is 4.51. The van der Waals surface area contributed by atoms with E-state index in [1.807, 2.05) is 60.7 Å². The summed E-state index contributed by atoms with van der Waals surface area (Å²) in [6, 6.07) is 23.9. The molecule has 0 spiro atoms. The summed E-state index contributed by atoms with van der Waals surface area (Å²) < 4.78 is 1.09. The lowest BCUT2D eigenvalue weighted by Crippen LogP contribution is -2.30. The molecule has 0 aliphatic carbocycles. The molecule has 0 aliphatic heterocycles. The van der Waals surface area contributed by atoms with Gasteiger partial charge in [0.25, 0.3) is 5.91 Å². The van der Waals surface area contributed by atoms with E-state index in [9.17, 15) is 4.79 Å². The van der Waals surface area contributed by atoms with Crippen LogP contribution >= 0.6 is 11.3 Å². The Morgan fingerprint density at radius 2 is 1.74 bits per heavy atom. The van der Waals surface area contributed by atoms with Crippen molar-refractivity contribution >= 4 is 43.4 Å². The smallest absolute Gasteiger partial charge is 0.260 e. The number of carbonyl (C=O) groups is 1. The number of fused-ring (bicyclic) bond motifs is 2. The molecule has 5 heteroatoms. The highest BCUT2D eigenvalue weighted by molar-refractivity contribution is 7.22. The molecule has 0 atom stereocenters. The standard InChI is InChI=1S/C26H21N3OS/c1-17-13-18(2)24-23(14-17)31-26(28-24)29(16-22-9-5-6-12-27-22)25(30)21-11-10-19-7-3-4-8-20(19)15-21/h3-15H,16H2,1-2H3. The molecule has 0 radical (unpaired) electrons. The lowest BCUT2D eigenvalue weighted by Gasteiger charge is -2.20. The van der Waals surface area contributed by atoms with Crippen LogP contribution in [0.3, 0.4) is 0 Å². The molecule has 0 unspecified atom stereocenters. The Balaban J connectivity index is 1.61. The van der Waals surface area contributed by atoms with Gasteiger partial charge in [-0.2, -0.15) is 0 Å². The zero-order chi connectivity index (χ0) is 21.4. The van der Waals surface area contributed by atoms with Crippen molar-refractivity contribution < 1.29 is 4.79 Å². The van der Waals surface area contributed by atoms with E-state index >= 15 is 0 Å². The van der Waals surface area contributed by atoms with Crippen molar-refractivity contribution in [3.05, 3.63) is 101 Å². The number of pyridine rings is 1. The lowest BCUT2D eigenvalue weighted by molar-refractivity contribution is 0.0985. The molecule has 152 valence electrons. The Morgan fingerprint density at radius 3 is 2.55 bits per heavy atom. The quantitative estimate of drug-likeness (QED) is 0.340. The van der Waals surface area contributed by atoms with Crippen LogP contribution < -0.4 is 4.90 Å². The molecule has 1 amide bonds. The fourth-order valence-electron chi connectivity index (χ4n) is 3.83. The molecule has 31 heavy (non-hydrogen) atoms. The van der Waals surface area contributed by atoms with Crippen LogP contribution in [0.5, 0.6) is 0 Å². The van der Waals surface area contributed by atoms with Crippen LogP contribution in [0.4, 0.5) is 5.13 Å². The Hall–Kier alpha value is -3.57. The summed E-state index contributed by atoms with van der Waals surface area (Å²) in [6.07, 6.45) is 1.75. The molecular weight excluding hydrogens is 402 g/mol. The van der Waals surface area contributed by atoms with E-state index in [-0.39, 0.29) is 5.91 Å². The number of aromatic nitrogens is 2. The normalized spacial score (nSPS) is 11.2. The summed E-state index contributed by atoms with van der Waals surface area (Å²) in [7, 11) is 0. The van der Waals surface area contributed by atoms with Gasteiger partial charge < -0.3 is 0 Å². The number of benzene rings is 3. The molecule has 0 N–H and O–H groups in total. The first-order chi connectivity index (χ1) is 15.1. The van der Waals surface area contributed by atoms with Gasteiger partial charge in [0.1, 0.15) is 0 Å². The highest BCUT2D eigenvalue weighted by Crippen LogP contribution is 2.33. The van der Waals surface area contributed by atoms with Gasteiger partial charge in [-0.15, -0.1) is 0 Å². The van der Waals surface area contributed by atoms with Gasteiger partial charge in [0.05, 0.1) is 22.5 Å². The maximum absolute atomic E-state index is 13.7. The Morgan fingerprint density at radius 1 is 0.935 bits per heavy atom. The molecule has 3 aromatic carbocycles. The number of anilines is 1. The number of thiazole rings is 1. The lowest BCUT2D eigenvalue weighted by atomic mass is 10.1. The van der Waals surface area contributed by atoms with Crippen molar-refractivity contribution in [2.24, 2.45) is 0 Å². The molecule has 4 nitrogen and oxygen atoms in total. The highest BCUT2D eigenvalue weighted by Gasteiger charge is 2.23. The second kappa shape index (κ2) is 7.93. The Bertz CT molecular complexity index is 1410. The van der Waals surface area contributed by atoms with Gasteiger partial charge >= 0.3 is 0 Å². The largest absolute Gasteiger partial charge is 0.278 e. The second-order valence-electron chi connectivity index (χ2n) is 7.70. The van der Waals surface area contributed by atoms with Gasteiger partial charge in [-0.05, 0) is 66.1 Å². The Labute approximate surface area is 184 Å². The number of carbonyl (C=O) groups excluding carboxylic acids is 1. The number of aryl methyl sites for hydroxylation is 2. The van der Waals surface area contributed by atoms with E-state index in [0.29, 0.717) is 17.2 Å². The van der Waals surface area contributed by atoms with E-state index in [2.05, 4.69) is 31.0 Å². The van der Waals surface area contributed by atoms with E-state index in [1.54, 1.807) is 22.4 Å². The summed E-state index contributed by atoms with van der Waals surface area (Å²) in [5, 5.41) is 2.84. The summed E-state index contributed by atoms with van der Waals surface area (Å²) in [5.41, 5.74) is 4.72. The van der Waals surface area contributed by atoms with Gasteiger partial charge in [-0.3, -0.25) is 14.7 Å². The van der Waals surface area contributed by atoms with E-state index in [0.717, 1.165) is 32.2 Å². The predicted octanol–water partition coefficient (Wildman–Crippen LogP) is 6.31. The van der Waals surface area contributed by atoms with Gasteiger partial charge in [0.2, 0.25) is 0 Å². The van der Waals surface area contributed by atoms with Crippen molar-refractivity contribution in [2.45, 2.75) is 20.4 Å². The van der Waals surface area contributed by atoms with Crippen molar-refractivity contribution in [3.63, 3.8) is 0 Å². The van der Waals surface area contributed by atoms with Crippen molar-refractivity contribution in [3.8, 4) is 0 Å². The SMILES string of the molecule is Cc1cc(C)c2nc(N(Cc3ccccn3)C(=O)c3ccc4ccccc4c3)sc2c1. The van der Waals surface area contributed by atoms with Crippen molar-refractivity contribution in [1.29, 1.82) is 0 Å². The second-order valence-corrected chi connectivity index (χ2v) is 8.71. The molecule has 0 saturated heterocycles. The average Bonchev–Trinajstić information content (AvgIpc) is 3.21. The van der Waals surface area contributed by atoms with Crippen LogP contribution in [0.2, 0.25) is 0 Å². The monoisotopic (exact) mass is 423 g/mol. The highest BCUT2D eigenvalue weighted by atomic mass is 32.1. The summed E-state index contributed by atoms with van der Waals surface area (Å²) >= 11 is 1.55. The van der Waals surface area contributed by atoms with E-state index in [1.165, 1.54) is 5.56 Å². The average molecular weight is 424 g/mol. The fraction of sp³-hybridized carbons (Fsp3) is 0.115. The number of nitrogens with zero attached hydrogens (tertiary/aromatic N) is 3. The first-order valence-corrected chi connectivity index (χ1v) is 11.0. The molecule has 0 bridgehead atoms. The number of hydrogen-bond donors (Lipinski definition) is 0. The van der Waals surface area contributed by atoms with Crippen LogP contribution in [0.1, 0.15) is 27.2 Å². The minimum atomic E-state index is -0.0789. The number of rotatable bonds is 4. The third-order valence-electron chi connectivity index (χ3n) is 5.34. The third-order valence-corrected chi connectivity index (χ3v) is 6.36. The van der Waals surface area contributed by atoms with Gasteiger partial charge in [-0.1, -0.05) is 53.8 Å². The predicted molar refractivity (Wildman–Crippen MR) is 128 cm³/mol. The first-order valence-electron chi connectivity index (χ1n) is 10.2. The molecule has 0 fully saturated rings. The van der Waals surface area contributed by atoms with Gasteiger partial charge in [0.15, 0.2) is 5.13 Å². The van der Waals surface area contributed by atoms with Crippen LogP contribution in [-0.2, 0) is 6.54 Å².